The van der Waals surface area contributed by atoms with Crippen molar-refractivity contribution in [2.45, 2.75) is 38.8 Å². The van der Waals surface area contributed by atoms with Crippen LogP contribution in [0.1, 0.15) is 30.9 Å². The van der Waals surface area contributed by atoms with Crippen molar-refractivity contribution < 1.29 is 0 Å². The highest BCUT2D eigenvalue weighted by Crippen LogP contribution is 2.27. The fourth-order valence-electron chi connectivity index (χ4n) is 3.45. The number of aromatic amines is 1. The summed E-state index contributed by atoms with van der Waals surface area (Å²) >= 11 is 1.66. The molecule has 0 saturated heterocycles. The Hall–Kier alpha value is -2.53. The van der Waals surface area contributed by atoms with Crippen molar-refractivity contribution in [3.63, 3.8) is 0 Å². The number of hydrogen-bond acceptors (Lipinski definition) is 3. The number of aryl methyl sites for hydroxylation is 2. The Morgan fingerprint density at radius 3 is 2.59 bits per heavy atom. The summed E-state index contributed by atoms with van der Waals surface area (Å²) in [6.07, 6.45) is 2.22. The molecule has 0 unspecified atom stereocenters. The average Bonchev–Trinajstić information content (AvgIpc) is 3.00. The first-order chi connectivity index (χ1) is 13.1. The quantitative estimate of drug-likeness (QED) is 0.289. The van der Waals surface area contributed by atoms with Gasteiger partial charge in [-0.3, -0.25) is 9.36 Å². The molecule has 5 heteroatoms. The minimum Gasteiger partial charge on any atom is -0.349 e. The molecule has 138 valence electrons. The van der Waals surface area contributed by atoms with E-state index in [-0.39, 0.29) is 5.56 Å². The van der Waals surface area contributed by atoms with Crippen molar-refractivity contribution >= 4 is 33.7 Å². The first kappa shape index (κ1) is 17.9. The number of para-hydroxylation sites is 1. The zero-order chi connectivity index (χ0) is 19.0. The van der Waals surface area contributed by atoms with Gasteiger partial charge < -0.3 is 4.98 Å². The van der Waals surface area contributed by atoms with E-state index in [1.54, 1.807) is 16.3 Å². The van der Waals surface area contributed by atoms with Gasteiger partial charge in [0.15, 0.2) is 5.16 Å². The number of unbranched alkanes of at least 4 members (excludes halogenated alkanes) is 1. The van der Waals surface area contributed by atoms with Gasteiger partial charge in [-0.2, -0.15) is 0 Å². The Labute approximate surface area is 162 Å². The van der Waals surface area contributed by atoms with Crippen molar-refractivity contribution in [2.24, 2.45) is 0 Å². The lowest BCUT2D eigenvalue weighted by Gasteiger charge is -2.13. The van der Waals surface area contributed by atoms with Gasteiger partial charge in [-0.25, -0.2) is 4.98 Å². The zero-order valence-electron chi connectivity index (χ0n) is 15.9. The highest BCUT2D eigenvalue weighted by atomic mass is 32.2. The van der Waals surface area contributed by atoms with Crippen LogP contribution in [0.5, 0.6) is 0 Å². The minimum atomic E-state index is -0.0415. The summed E-state index contributed by atoms with van der Waals surface area (Å²) in [5.41, 5.74) is 5.38. The lowest BCUT2D eigenvalue weighted by molar-refractivity contribution is 0.812. The summed E-state index contributed by atoms with van der Waals surface area (Å²) in [7, 11) is 0. The van der Waals surface area contributed by atoms with Crippen LogP contribution >= 0.6 is 11.8 Å². The molecule has 0 amide bonds. The van der Waals surface area contributed by atoms with Gasteiger partial charge in [-0.15, -0.1) is 0 Å². The molecule has 4 aromatic rings. The molecule has 0 radical (unpaired) electrons. The summed E-state index contributed by atoms with van der Waals surface area (Å²) in [5.74, 6) is 0.946. The Morgan fingerprint density at radius 1 is 1.11 bits per heavy atom. The number of benzene rings is 2. The third-order valence-electron chi connectivity index (χ3n) is 4.69. The fourth-order valence-corrected chi connectivity index (χ4v) is 4.54. The van der Waals surface area contributed by atoms with Gasteiger partial charge in [0.2, 0.25) is 0 Å². The highest BCUT2D eigenvalue weighted by molar-refractivity contribution is 7.99. The van der Waals surface area contributed by atoms with Crippen molar-refractivity contribution in [3.8, 4) is 5.69 Å². The number of aromatic nitrogens is 3. The maximum absolute atomic E-state index is 13.5. The van der Waals surface area contributed by atoms with Crippen LogP contribution in [0.4, 0.5) is 0 Å². The summed E-state index contributed by atoms with van der Waals surface area (Å²) in [6.45, 7) is 6.29. The fraction of sp³-hybridized carbons (Fsp3) is 0.273. The summed E-state index contributed by atoms with van der Waals surface area (Å²) in [5, 5.41) is 1.75. The Kier molecular flexibility index (Phi) is 4.79. The monoisotopic (exact) mass is 377 g/mol. The summed E-state index contributed by atoms with van der Waals surface area (Å²) < 4.78 is 1.76. The molecule has 0 atom stereocenters. The average molecular weight is 378 g/mol. The van der Waals surface area contributed by atoms with Crippen LogP contribution in [-0.2, 0) is 0 Å². The Bertz CT molecular complexity index is 1170. The van der Waals surface area contributed by atoms with E-state index in [1.807, 2.05) is 24.3 Å². The van der Waals surface area contributed by atoms with Gasteiger partial charge in [-0.1, -0.05) is 49.4 Å². The van der Waals surface area contributed by atoms with E-state index >= 15 is 0 Å². The smallest absolute Gasteiger partial charge is 0.283 e. The van der Waals surface area contributed by atoms with Gasteiger partial charge in [0.05, 0.1) is 5.69 Å². The second kappa shape index (κ2) is 7.24. The van der Waals surface area contributed by atoms with Crippen LogP contribution in [-0.4, -0.2) is 20.3 Å². The van der Waals surface area contributed by atoms with Crippen molar-refractivity contribution in [1.29, 1.82) is 0 Å². The van der Waals surface area contributed by atoms with E-state index in [0.29, 0.717) is 5.52 Å². The van der Waals surface area contributed by atoms with E-state index < -0.39 is 0 Å². The third-order valence-corrected chi connectivity index (χ3v) is 5.71. The second-order valence-electron chi connectivity index (χ2n) is 6.98. The Balaban J connectivity index is 2.02. The standard InChI is InChI=1S/C22H23N3OS/c1-4-5-10-27-22-24-19-17-8-6-7-9-18(17)23-20(19)21(26)25(22)16-12-14(2)11-15(3)13-16/h6-9,11-13,23H,4-5,10H2,1-3H3. The summed E-state index contributed by atoms with van der Waals surface area (Å²) in [4.78, 5) is 21.7. The van der Waals surface area contributed by atoms with Gasteiger partial charge in [0, 0.05) is 16.7 Å². The molecule has 0 fully saturated rings. The van der Waals surface area contributed by atoms with Gasteiger partial charge >= 0.3 is 0 Å². The molecular weight excluding hydrogens is 354 g/mol. The van der Waals surface area contributed by atoms with Crippen molar-refractivity contribution in [2.75, 3.05) is 5.75 Å². The SMILES string of the molecule is CCCCSc1nc2c([nH]c3ccccc32)c(=O)n1-c1cc(C)cc(C)c1. The normalized spacial score (nSPS) is 11.5. The van der Waals surface area contributed by atoms with Crippen LogP contribution in [0, 0.1) is 13.8 Å². The first-order valence-corrected chi connectivity index (χ1v) is 10.3. The maximum atomic E-state index is 13.5. The maximum Gasteiger partial charge on any atom is 0.283 e. The number of hydrogen-bond donors (Lipinski definition) is 1. The van der Waals surface area contributed by atoms with E-state index in [9.17, 15) is 4.79 Å². The minimum absolute atomic E-state index is 0.0415. The molecule has 27 heavy (non-hydrogen) atoms. The van der Waals surface area contributed by atoms with E-state index in [1.165, 1.54) is 0 Å². The van der Waals surface area contributed by atoms with Crippen LogP contribution in [0.2, 0.25) is 0 Å². The van der Waals surface area contributed by atoms with Gasteiger partial charge in [0.1, 0.15) is 11.0 Å². The van der Waals surface area contributed by atoms with Crippen LogP contribution in [0.25, 0.3) is 27.6 Å². The van der Waals surface area contributed by atoms with Crippen molar-refractivity contribution in [1.82, 2.24) is 14.5 Å². The molecule has 0 aliphatic carbocycles. The van der Waals surface area contributed by atoms with Crippen LogP contribution in [0.3, 0.4) is 0 Å². The molecule has 0 spiro atoms. The molecule has 0 aliphatic heterocycles. The predicted molar refractivity (Wildman–Crippen MR) is 114 cm³/mol. The number of nitrogens with zero attached hydrogens (tertiary/aromatic N) is 2. The molecule has 4 nitrogen and oxygen atoms in total. The number of rotatable bonds is 5. The summed E-state index contributed by atoms with van der Waals surface area (Å²) in [6, 6.07) is 14.2. The molecule has 2 aromatic heterocycles. The largest absolute Gasteiger partial charge is 0.349 e. The molecule has 2 aromatic carbocycles. The molecule has 1 N–H and O–H groups in total. The van der Waals surface area contributed by atoms with E-state index in [2.05, 4.69) is 44.0 Å². The van der Waals surface area contributed by atoms with Crippen LogP contribution in [0.15, 0.2) is 52.4 Å². The lowest BCUT2D eigenvalue weighted by Crippen LogP contribution is -2.22. The number of fused-ring (bicyclic) bond motifs is 3. The zero-order valence-corrected chi connectivity index (χ0v) is 16.7. The predicted octanol–water partition coefficient (Wildman–Crippen LogP) is 5.38. The van der Waals surface area contributed by atoms with E-state index in [0.717, 1.165) is 57.0 Å². The second-order valence-corrected chi connectivity index (χ2v) is 8.04. The molecule has 4 rings (SSSR count). The van der Waals surface area contributed by atoms with Gasteiger partial charge in [-0.05, 0) is 49.6 Å². The number of nitrogens with one attached hydrogen (secondary N) is 1. The lowest BCUT2D eigenvalue weighted by atomic mass is 10.1. The molecule has 2 heterocycles. The Morgan fingerprint density at radius 2 is 1.85 bits per heavy atom. The molecule has 0 aliphatic rings. The molecule has 0 saturated carbocycles. The number of thioether (sulfide) groups is 1. The molecule has 0 bridgehead atoms. The first-order valence-electron chi connectivity index (χ1n) is 9.33. The van der Waals surface area contributed by atoms with E-state index in [4.69, 9.17) is 4.98 Å². The highest BCUT2D eigenvalue weighted by Gasteiger charge is 2.17. The third kappa shape index (κ3) is 3.28. The number of H-pyrrole nitrogens is 1. The van der Waals surface area contributed by atoms with Gasteiger partial charge in [0.25, 0.3) is 5.56 Å². The molecular formula is C22H23N3OS. The van der Waals surface area contributed by atoms with Crippen LogP contribution < -0.4 is 5.56 Å². The topological polar surface area (TPSA) is 50.7 Å². The van der Waals surface area contributed by atoms with Crippen molar-refractivity contribution in [3.05, 3.63) is 63.9 Å².